The lowest BCUT2D eigenvalue weighted by Crippen LogP contribution is -2.60. The fraction of sp³-hybridized carbons (Fsp3) is 1.00. The van der Waals surface area contributed by atoms with Gasteiger partial charge >= 0.3 is 0 Å². The second-order valence-corrected chi connectivity index (χ2v) is 6.72. The van der Waals surface area contributed by atoms with Crippen LogP contribution in [0.3, 0.4) is 0 Å². The number of nitrogens with one attached hydrogen (secondary N) is 1. The van der Waals surface area contributed by atoms with Crippen LogP contribution in [-0.2, 0) is 4.74 Å². The van der Waals surface area contributed by atoms with Crippen LogP contribution >= 0.6 is 0 Å². The number of nitrogens with two attached hydrogens (primary N) is 1. The summed E-state index contributed by atoms with van der Waals surface area (Å²) < 4.78 is 5.87. The van der Waals surface area contributed by atoms with E-state index in [0.717, 1.165) is 25.9 Å². The van der Waals surface area contributed by atoms with Crippen LogP contribution in [0.25, 0.3) is 0 Å². The van der Waals surface area contributed by atoms with Gasteiger partial charge in [-0.1, -0.05) is 20.3 Å². The summed E-state index contributed by atoms with van der Waals surface area (Å²) in [7, 11) is 0. The van der Waals surface area contributed by atoms with Crippen LogP contribution in [0.5, 0.6) is 0 Å². The fourth-order valence-corrected chi connectivity index (χ4v) is 3.59. The summed E-state index contributed by atoms with van der Waals surface area (Å²) in [6.07, 6.45) is 5.81. The van der Waals surface area contributed by atoms with Gasteiger partial charge in [0.05, 0.1) is 6.10 Å². The molecule has 0 aromatic carbocycles. The van der Waals surface area contributed by atoms with E-state index in [0.29, 0.717) is 37.1 Å². The maximum atomic E-state index is 9.47. The van der Waals surface area contributed by atoms with Crippen molar-refractivity contribution in [1.29, 1.82) is 0 Å². The molecule has 19 heavy (non-hydrogen) atoms. The molecule has 2 aliphatic rings. The molecule has 0 aromatic heterocycles. The zero-order valence-corrected chi connectivity index (χ0v) is 12.4. The molecule has 112 valence electrons. The Morgan fingerprint density at radius 1 is 1.42 bits per heavy atom. The van der Waals surface area contributed by atoms with Crippen molar-refractivity contribution in [3.63, 3.8) is 0 Å². The zero-order valence-electron chi connectivity index (χ0n) is 12.4. The Labute approximate surface area is 117 Å². The van der Waals surface area contributed by atoms with Gasteiger partial charge in [0, 0.05) is 31.3 Å². The number of aliphatic hydroxyl groups is 1. The van der Waals surface area contributed by atoms with Gasteiger partial charge in [-0.2, -0.15) is 0 Å². The van der Waals surface area contributed by atoms with Crippen LogP contribution in [0, 0.1) is 11.8 Å². The van der Waals surface area contributed by atoms with Gasteiger partial charge in [0.15, 0.2) is 0 Å². The second-order valence-electron chi connectivity index (χ2n) is 6.72. The number of rotatable bonds is 5. The van der Waals surface area contributed by atoms with Gasteiger partial charge < -0.3 is 20.9 Å². The molecule has 1 saturated carbocycles. The first kappa shape index (κ1) is 15.2. The normalized spacial score (nSPS) is 39.9. The first-order valence-corrected chi connectivity index (χ1v) is 7.80. The standard InChI is InChI=1S/C15H30N2O2/c1-11(2)14-8-15(10-16,6-7-19-14)17-13-5-3-4-12(13)9-18/h11-14,17-18H,3-10,16H2,1-2H3. The Balaban J connectivity index is 2.01. The molecule has 1 aliphatic heterocycles. The van der Waals surface area contributed by atoms with Crippen LogP contribution in [0.4, 0.5) is 0 Å². The van der Waals surface area contributed by atoms with E-state index in [2.05, 4.69) is 19.2 Å². The van der Waals surface area contributed by atoms with E-state index in [4.69, 9.17) is 10.5 Å². The summed E-state index contributed by atoms with van der Waals surface area (Å²) in [4.78, 5) is 0. The highest BCUT2D eigenvalue weighted by Gasteiger charge is 2.40. The summed E-state index contributed by atoms with van der Waals surface area (Å²) >= 11 is 0. The first-order chi connectivity index (χ1) is 9.10. The van der Waals surface area contributed by atoms with Crippen molar-refractivity contribution < 1.29 is 9.84 Å². The largest absolute Gasteiger partial charge is 0.396 e. The third-order valence-corrected chi connectivity index (χ3v) is 5.02. The Bertz CT molecular complexity index is 285. The summed E-state index contributed by atoms with van der Waals surface area (Å²) in [5, 5.41) is 13.3. The molecule has 1 aliphatic carbocycles. The minimum absolute atomic E-state index is 0.00954. The maximum Gasteiger partial charge on any atom is 0.0616 e. The molecule has 4 heteroatoms. The molecular formula is C15H30N2O2. The lowest BCUT2D eigenvalue weighted by atomic mass is 9.82. The highest BCUT2D eigenvalue weighted by molar-refractivity contribution is 4.99. The number of aliphatic hydroxyl groups excluding tert-OH is 1. The minimum atomic E-state index is 0.00954. The minimum Gasteiger partial charge on any atom is -0.396 e. The molecule has 0 bridgehead atoms. The van der Waals surface area contributed by atoms with Crippen molar-refractivity contribution in [2.75, 3.05) is 19.8 Å². The molecule has 2 rings (SSSR count). The van der Waals surface area contributed by atoms with Crippen molar-refractivity contribution in [1.82, 2.24) is 5.32 Å². The molecule has 4 atom stereocenters. The number of hydrogen-bond acceptors (Lipinski definition) is 4. The molecule has 0 spiro atoms. The molecule has 4 nitrogen and oxygen atoms in total. The molecule has 1 saturated heterocycles. The molecule has 0 amide bonds. The van der Waals surface area contributed by atoms with E-state index in [1.807, 2.05) is 0 Å². The van der Waals surface area contributed by atoms with E-state index in [-0.39, 0.29) is 5.54 Å². The van der Waals surface area contributed by atoms with Crippen molar-refractivity contribution >= 4 is 0 Å². The van der Waals surface area contributed by atoms with Gasteiger partial charge in [-0.05, 0) is 37.5 Å². The van der Waals surface area contributed by atoms with E-state index in [1.54, 1.807) is 0 Å². The molecule has 0 radical (unpaired) electrons. The third-order valence-electron chi connectivity index (χ3n) is 5.02. The second kappa shape index (κ2) is 6.53. The SMILES string of the molecule is CC(C)C1CC(CN)(NC2CCCC2CO)CCO1. The first-order valence-electron chi connectivity index (χ1n) is 7.80. The van der Waals surface area contributed by atoms with E-state index in [1.165, 1.54) is 12.8 Å². The molecule has 4 unspecified atom stereocenters. The Morgan fingerprint density at radius 3 is 2.84 bits per heavy atom. The van der Waals surface area contributed by atoms with Crippen molar-refractivity contribution in [2.45, 2.75) is 63.6 Å². The van der Waals surface area contributed by atoms with Crippen LogP contribution in [0.15, 0.2) is 0 Å². The molecule has 2 fully saturated rings. The van der Waals surface area contributed by atoms with Gasteiger partial charge in [-0.3, -0.25) is 0 Å². The Hall–Kier alpha value is -0.160. The smallest absolute Gasteiger partial charge is 0.0616 e. The van der Waals surface area contributed by atoms with Gasteiger partial charge in [-0.25, -0.2) is 0 Å². The van der Waals surface area contributed by atoms with Crippen LogP contribution in [0.1, 0.15) is 46.0 Å². The Kier molecular flexibility index (Phi) is 5.23. The topological polar surface area (TPSA) is 67.5 Å². The van der Waals surface area contributed by atoms with Crippen molar-refractivity contribution in [3.8, 4) is 0 Å². The average molecular weight is 270 g/mol. The van der Waals surface area contributed by atoms with Crippen LogP contribution in [-0.4, -0.2) is 42.5 Å². The van der Waals surface area contributed by atoms with Gasteiger partial charge in [0.25, 0.3) is 0 Å². The number of hydrogen-bond donors (Lipinski definition) is 3. The Morgan fingerprint density at radius 2 is 2.21 bits per heavy atom. The third kappa shape index (κ3) is 3.48. The summed E-state index contributed by atoms with van der Waals surface area (Å²) in [5.41, 5.74) is 6.09. The lowest BCUT2D eigenvalue weighted by Gasteiger charge is -2.44. The fourth-order valence-electron chi connectivity index (χ4n) is 3.59. The van der Waals surface area contributed by atoms with E-state index >= 15 is 0 Å². The quantitative estimate of drug-likeness (QED) is 0.704. The predicted molar refractivity (Wildman–Crippen MR) is 76.9 cm³/mol. The monoisotopic (exact) mass is 270 g/mol. The van der Waals surface area contributed by atoms with Gasteiger partial charge in [0.1, 0.15) is 0 Å². The zero-order chi connectivity index (χ0) is 13.9. The summed E-state index contributed by atoms with van der Waals surface area (Å²) in [5.74, 6) is 0.939. The molecule has 4 N–H and O–H groups in total. The van der Waals surface area contributed by atoms with E-state index < -0.39 is 0 Å². The van der Waals surface area contributed by atoms with Crippen molar-refractivity contribution in [3.05, 3.63) is 0 Å². The van der Waals surface area contributed by atoms with Gasteiger partial charge in [-0.15, -0.1) is 0 Å². The lowest BCUT2D eigenvalue weighted by molar-refractivity contribution is -0.0534. The predicted octanol–water partition coefficient (Wildman–Crippen LogP) is 1.27. The van der Waals surface area contributed by atoms with E-state index in [9.17, 15) is 5.11 Å². The average Bonchev–Trinajstić information content (AvgIpc) is 2.86. The maximum absolute atomic E-state index is 9.47. The number of ether oxygens (including phenoxy) is 1. The van der Waals surface area contributed by atoms with Gasteiger partial charge in [0.2, 0.25) is 0 Å². The summed E-state index contributed by atoms with van der Waals surface area (Å²) in [6.45, 7) is 6.17. The molecule has 1 heterocycles. The molecular weight excluding hydrogens is 240 g/mol. The highest BCUT2D eigenvalue weighted by atomic mass is 16.5. The van der Waals surface area contributed by atoms with Crippen molar-refractivity contribution in [2.24, 2.45) is 17.6 Å². The summed E-state index contributed by atoms with van der Waals surface area (Å²) in [6, 6.07) is 0.430. The van der Waals surface area contributed by atoms with Crippen LogP contribution < -0.4 is 11.1 Å². The highest BCUT2D eigenvalue weighted by Crippen LogP contribution is 2.32. The molecule has 0 aromatic rings. The van der Waals surface area contributed by atoms with Crippen LogP contribution in [0.2, 0.25) is 0 Å².